The molecule has 1 aromatic rings. The van der Waals surface area contributed by atoms with Crippen molar-refractivity contribution < 1.29 is 4.74 Å². The van der Waals surface area contributed by atoms with Gasteiger partial charge in [-0.2, -0.15) is 0 Å². The number of benzene rings is 1. The van der Waals surface area contributed by atoms with Crippen molar-refractivity contribution in [2.75, 3.05) is 19.7 Å². The van der Waals surface area contributed by atoms with Crippen LogP contribution in [-0.4, -0.2) is 31.1 Å². The fraction of sp³-hybridized carbons (Fsp3) is 0.667. The van der Waals surface area contributed by atoms with E-state index in [0.29, 0.717) is 11.5 Å². The van der Waals surface area contributed by atoms with Crippen molar-refractivity contribution in [2.24, 2.45) is 5.41 Å². The number of rotatable bonds is 6. The third-order valence-electron chi connectivity index (χ3n) is 5.08. The summed E-state index contributed by atoms with van der Waals surface area (Å²) in [5.74, 6) is 0. The summed E-state index contributed by atoms with van der Waals surface area (Å²) in [5.41, 5.74) is 1.87. The Kier molecular flexibility index (Phi) is 4.92. The first-order valence-electron chi connectivity index (χ1n) is 8.30. The van der Waals surface area contributed by atoms with Crippen molar-refractivity contribution in [3.63, 3.8) is 0 Å². The Morgan fingerprint density at radius 2 is 2.24 bits per heavy atom. The van der Waals surface area contributed by atoms with Gasteiger partial charge in [0.2, 0.25) is 0 Å². The fourth-order valence-electron chi connectivity index (χ4n) is 3.73. The highest BCUT2D eigenvalue weighted by molar-refractivity contribution is 8.00. The van der Waals surface area contributed by atoms with E-state index in [1.165, 1.54) is 36.1 Å². The van der Waals surface area contributed by atoms with E-state index in [0.717, 1.165) is 24.9 Å². The lowest BCUT2D eigenvalue weighted by molar-refractivity contribution is 0.0584. The fourth-order valence-corrected chi connectivity index (χ4v) is 5.22. The lowest BCUT2D eigenvalue weighted by Gasteiger charge is -2.34. The molecule has 3 unspecified atom stereocenters. The predicted octanol–water partition coefficient (Wildman–Crippen LogP) is 3.89. The third kappa shape index (κ3) is 3.30. The summed E-state index contributed by atoms with van der Waals surface area (Å²) in [6, 6.07) is 8.89. The molecular formula is C18H27NOS. The molecule has 1 N–H and O–H groups in total. The molecule has 1 fully saturated rings. The number of hydrogen-bond acceptors (Lipinski definition) is 3. The van der Waals surface area contributed by atoms with Crippen LogP contribution in [0.25, 0.3) is 0 Å². The minimum atomic E-state index is 0.328. The minimum absolute atomic E-state index is 0.328. The van der Waals surface area contributed by atoms with Crippen LogP contribution < -0.4 is 5.32 Å². The summed E-state index contributed by atoms with van der Waals surface area (Å²) in [4.78, 5) is 1.49. The van der Waals surface area contributed by atoms with Crippen LogP contribution in [-0.2, 0) is 11.2 Å². The van der Waals surface area contributed by atoms with Crippen LogP contribution in [0.2, 0.25) is 0 Å². The Bertz CT molecular complexity index is 453. The molecule has 1 aromatic carbocycles. The number of nitrogens with one attached hydrogen (secondary N) is 1. The van der Waals surface area contributed by atoms with Crippen LogP contribution in [0.3, 0.4) is 0 Å². The van der Waals surface area contributed by atoms with Crippen LogP contribution in [0.1, 0.15) is 38.7 Å². The molecular weight excluding hydrogens is 278 g/mol. The van der Waals surface area contributed by atoms with E-state index in [4.69, 9.17) is 4.74 Å². The minimum Gasteiger partial charge on any atom is -0.378 e. The van der Waals surface area contributed by atoms with Crippen molar-refractivity contribution in [3.05, 3.63) is 29.8 Å². The highest BCUT2D eigenvalue weighted by Gasteiger charge is 2.43. The summed E-state index contributed by atoms with van der Waals surface area (Å²) in [7, 11) is 0. The number of thioether (sulfide) groups is 1. The Hall–Kier alpha value is -0.510. The van der Waals surface area contributed by atoms with Crippen LogP contribution in [0.4, 0.5) is 0 Å². The maximum Gasteiger partial charge on any atom is 0.0616 e. The molecule has 2 aliphatic heterocycles. The van der Waals surface area contributed by atoms with Crippen molar-refractivity contribution >= 4 is 11.8 Å². The van der Waals surface area contributed by atoms with Gasteiger partial charge >= 0.3 is 0 Å². The van der Waals surface area contributed by atoms with Crippen molar-refractivity contribution in [3.8, 4) is 0 Å². The third-order valence-corrected chi connectivity index (χ3v) is 6.40. The maximum atomic E-state index is 5.94. The number of hydrogen-bond donors (Lipinski definition) is 1. The van der Waals surface area contributed by atoms with Crippen LogP contribution >= 0.6 is 11.8 Å². The maximum absolute atomic E-state index is 5.94. The van der Waals surface area contributed by atoms with E-state index >= 15 is 0 Å². The molecule has 3 rings (SSSR count). The lowest BCUT2D eigenvalue weighted by atomic mass is 9.76. The Labute approximate surface area is 133 Å². The summed E-state index contributed by atoms with van der Waals surface area (Å²) in [6.45, 7) is 7.66. The van der Waals surface area contributed by atoms with Gasteiger partial charge in [0.25, 0.3) is 0 Å². The van der Waals surface area contributed by atoms with E-state index in [1.807, 2.05) is 0 Å². The van der Waals surface area contributed by atoms with E-state index < -0.39 is 0 Å². The molecule has 0 radical (unpaired) electrons. The summed E-state index contributed by atoms with van der Waals surface area (Å²) in [5, 5.41) is 4.37. The lowest BCUT2D eigenvalue weighted by Crippen LogP contribution is -2.41. The summed E-state index contributed by atoms with van der Waals surface area (Å²) < 4.78 is 5.94. The van der Waals surface area contributed by atoms with Gasteiger partial charge in [0.1, 0.15) is 0 Å². The van der Waals surface area contributed by atoms with Gasteiger partial charge in [-0.3, -0.25) is 0 Å². The Morgan fingerprint density at radius 3 is 2.95 bits per heavy atom. The molecule has 0 amide bonds. The van der Waals surface area contributed by atoms with E-state index in [-0.39, 0.29) is 0 Å². The monoisotopic (exact) mass is 305 g/mol. The number of ether oxygens (including phenoxy) is 1. The first kappa shape index (κ1) is 15.4. The largest absolute Gasteiger partial charge is 0.378 e. The van der Waals surface area contributed by atoms with Gasteiger partial charge in [-0.1, -0.05) is 25.1 Å². The molecule has 0 aliphatic carbocycles. The summed E-state index contributed by atoms with van der Waals surface area (Å²) >= 11 is 2.08. The summed E-state index contributed by atoms with van der Waals surface area (Å²) in [6.07, 6.45) is 5.28. The van der Waals surface area contributed by atoms with Gasteiger partial charge in [0.15, 0.2) is 0 Å². The van der Waals surface area contributed by atoms with Crippen LogP contribution in [0, 0.1) is 5.41 Å². The molecule has 0 bridgehead atoms. The molecule has 2 aliphatic rings. The van der Waals surface area contributed by atoms with Crippen molar-refractivity contribution in [1.82, 2.24) is 5.32 Å². The molecule has 0 spiro atoms. The molecule has 21 heavy (non-hydrogen) atoms. The van der Waals surface area contributed by atoms with Gasteiger partial charge in [-0.15, -0.1) is 11.8 Å². The molecule has 116 valence electrons. The van der Waals surface area contributed by atoms with Gasteiger partial charge in [0.05, 0.1) is 6.10 Å². The van der Waals surface area contributed by atoms with Gasteiger partial charge in [0, 0.05) is 28.7 Å². The molecule has 0 aromatic heterocycles. The zero-order chi connectivity index (χ0) is 14.7. The average molecular weight is 305 g/mol. The SMILES string of the molecule is CCCNCC1(CC2Cc3ccccc3S2)CCOC1C. The average Bonchev–Trinajstić information content (AvgIpc) is 3.03. The van der Waals surface area contributed by atoms with Gasteiger partial charge < -0.3 is 10.1 Å². The predicted molar refractivity (Wildman–Crippen MR) is 90.0 cm³/mol. The highest BCUT2D eigenvalue weighted by Crippen LogP contribution is 2.46. The molecule has 0 saturated carbocycles. The van der Waals surface area contributed by atoms with E-state index in [1.54, 1.807) is 0 Å². The second kappa shape index (κ2) is 6.72. The van der Waals surface area contributed by atoms with Crippen LogP contribution in [0.15, 0.2) is 29.2 Å². The van der Waals surface area contributed by atoms with E-state index in [2.05, 4.69) is 55.2 Å². The first-order valence-corrected chi connectivity index (χ1v) is 9.18. The normalized spacial score (nSPS) is 31.5. The quantitative estimate of drug-likeness (QED) is 0.806. The van der Waals surface area contributed by atoms with Crippen molar-refractivity contribution in [1.29, 1.82) is 0 Å². The smallest absolute Gasteiger partial charge is 0.0616 e. The van der Waals surface area contributed by atoms with E-state index in [9.17, 15) is 0 Å². The standard InChI is InChI=1S/C18H27NOS/c1-3-9-19-13-18(8-10-20-14(18)2)12-16-11-15-6-4-5-7-17(15)21-16/h4-7,14,16,19H,3,8-13H2,1-2H3. The molecule has 2 heterocycles. The molecule has 3 heteroatoms. The zero-order valence-electron chi connectivity index (χ0n) is 13.2. The first-order chi connectivity index (χ1) is 10.2. The van der Waals surface area contributed by atoms with Gasteiger partial charge in [-0.05, 0) is 50.8 Å². The number of fused-ring (bicyclic) bond motifs is 1. The zero-order valence-corrected chi connectivity index (χ0v) is 14.0. The second-order valence-electron chi connectivity index (χ2n) is 6.56. The molecule has 3 atom stereocenters. The Morgan fingerprint density at radius 1 is 1.38 bits per heavy atom. The molecule has 2 nitrogen and oxygen atoms in total. The topological polar surface area (TPSA) is 21.3 Å². The van der Waals surface area contributed by atoms with Gasteiger partial charge in [-0.25, -0.2) is 0 Å². The Balaban J connectivity index is 1.66. The molecule has 1 saturated heterocycles. The van der Waals surface area contributed by atoms with Crippen molar-refractivity contribution in [2.45, 2.75) is 55.8 Å². The van der Waals surface area contributed by atoms with Crippen LogP contribution in [0.5, 0.6) is 0 Å². The second-order valence-corrected chi connectivity index (χ2v) is 7.90. The highest BCUT2D eigenvalue weighted by atomic mass is 32.2.